The summed E-state index contributed by atoms with van der Waals surface area (Å²) in [5, 5.41) is 11.9. The number of hydrogen-bond acceptors (Lipinski definition) is 7. The van der Waals surface area contributed by atoms with Crippen LogP contribution in [0.3, 0.4) is 0 Å². The number of halogens is 1. The van der Waals surface area contributed by atoms with Crippen molar-refractivity contribution in [1.82, 2.24) is 9.97 Å². The van der Waals surface area contributed by atoms with Crippen LogP contribution in [-0.2, 0) is 0 Å². The monoisotopic (exact) mass is 373 g/mol. The Bertz CT molecular complexity index is 824. The number of piperidine rings is 1. The third kappa shape index (κ3) is 3.59. The molecule has 0 spiro atoms. The maximum atomic E-state index is 8.47. The van der Waals surface area contributed by atoms with Crippen LogP contribution in [0.2, 0.25) is 5.02 Å². The molecule has 1 aliphatic rings. The van der Waals surface area contributed by atoms with Crippen LogP contribution in [0.5, 0.6) is 0 Å². The highest BCUT2D eigenvalue weighted by molar-refractivity contribution is 6.37. The Morgan fingerprint density at radius 2 is 2.04 bits per heavy atom. The van der Waals surface area contributed by atoms with Gasteiger partial charge in [0, 0.05) is 31.2 Å². The summed E-state index contributed by atoms with van der Waals surface area (Å²) in [5.41, 5.74) is 13.9. The molecule has 7 nitrogen and oxygen atoms in total. The zero-order valence-corrected chi connectivity index (χ0v) is 15.8. The fourth-order valence-corrected chi connectivity index (χ4v) is 3.35. The Labute approximate surface area is 158 Å². The topological polar surface area (TPSA) is 117 Å². The molecule has 1 aliphatic heterocycles. The van der Waals surface area contributed by atoms with Crippen LogP contribution in [-0.4, -0.2) is 41.4 Å². The van der Waals surface area contributed by atoms with Gasteiger partial charge < -0.3 is 21.7 Å². The molecule has 0 saturated carbocycles. The number of anilines is 3. The highest BCUT2D eigenvalue weighted by Crippen LogP contribution is 2.29. The molecule has 1 saturated heterocycles. The molecule has 3 rings (SSSR count). The number of nitrogens with two attached hydrogens (primary N) is 2. The Morgan fingerprint density at radius 1 is 1.35 bits per heavy atom. The van der Waals surface area contributed by atoms with E-state index in [0.29, 0.717) is 22.1 Å². The van der Waals surface area contributed by atoms with Crippen LogP contribution in [0, 0.1) is 5.41 Å². The van der Waals surface area contributed by atoms with Crippen molar-refractivity contribution in [3.63, 3.8) is 0 Å². The van der Waals surface area contributed by atoms with E-state index in [9.17, 15) is 0 Å². The number of hydrogen-bond donors (Lipinski definition) is 4. The molecule has 2 aromatic rings. The summed E-state index contributed by atoms with van der Waals surface area (Å²) in [5.74, 6) is 0.934. The first-order valence-electron chi connectivity index (χ1n) is 8.54. The van der Waals surface area contributed by atoms with Gasteiger partial charge in [0.25, 0.3) is 0 Å². The average molecular weight is 374 g/mol. The molecule has 0 radical (unpaired) electrons. The predicted octanol–water partition coefficient (Wildman–Crippen LogP) is 2.49. The van der Waals surface area contributed by atoms with E-state index in [2.05, 4.69) is 27.1 Å². The van der Waals surface area contributed by atoms with Gasteiger partial charge in [-0.25, -0.2) is 9.97 Å². The maximum Gasteiger partial charge on any atom is 0.154 e. The fraction of sp³-hybridized carbons (Fsp3) is 0.389. The van der Waals surface area contributed by atoms with Gasteiger partial charge in [-0.1, -0.05) is 23.7 Å². The van der Waals surface area contributed by atoms with Gasteiger partial charge in [-0.3, -0.25) is 5.41 Å². The second-order valence-corrected chi connectivity index (χ2v) is 7.27. The molecular weight excluding hydrogens is 350 g/mol. The Kier molecular flexibility index (Phi) is 5.02. The summed E-state index contributed by atoms with van der Waals surface area (Å²) < 4.78 is 0. The molecule has 1 aromatic carbocycles. The molecule has 6 N–H and O–H groups in total. The van der Waals surface area contributed by atoms with E-state index < -0.39 is 0 Å². The van der Waals surface area contributed by atoms with Gasteiger partial charge in [-0.2, -0.15) is 0 Å². The highest BCUT2D eigenvalue weighted by Gasteiger charge is 2.27. The van der Waals surface area contributed by atoms with Gasteiger partial charge in [0.2, 0.25) is 0 Å². The van der Waals surface area contributed by atoms with Crippen molar-refractivity contribution >= 4 is 34.6 Å². The van der Waals surface area contributed by atoms with E-state index in [1.165, 1.54) is 0 Å². The van der Waals surface area contributed by atoms with Gasteiger partial charge in [-0.05, 0) is 25.8 Å². The third-order valence-corrected chi connectivity index (χ3v) is 5.20. The lowest BCUT2D eigenvalue weighted by molar-refractivity contribution is 0.363. The lowest BCUT2D eigenvalue weighted by atomic mass is 9.91. The van der Waals surface area contributed by atoms with Crippen molar-refractivity contribution in [1.29, 1.82) is 5.41 Å². The minimum atomic E-state index is -0.132. The van der Waals surface area contributed by atoms with E-state index in [4.69, 9.17) is 28.5 Å². The summed E-state index contributed by atoms with van der Waals surface area (Å²) in [6.45, 7) is 3.69. The van der Waals surface area contributed by atoms with Crippen LogP contribution >= 0.6 is 11.6 Å². The van der Waals surface area contributed by atoms with Gasteiger partial charge in [-0.15, -0.1) is 0 Å². The van der Waals surface area contributed by atoms with Crippen molar-refractivity contribution in [3.05, 3.63) is 40.7 Å². The van der Waals surface area contributed by atoms with Gasteiger partial charge >= 0.3 is 0 Å². The van der Waals surface area contributed by atoms with E-state index in [1.54, 1.807) is 19.3 Å². The Morgan fingerprint density at radius 3 is 2.65 bits per heavy atom. The molecule has 1 fully saturated rings. The normalized spacial score (nSPS) is 16.4. The summed E-state index contributed by atoms with van der Waals surface area (Å²) in [6.07, 6.45) is 3.44. The van der Waals surface area contributed by atoms with Gasteiger partial charge in [0.05, 0.1) is 22.6 Å². The van der Waals surface area contributed by atoms with E-state index in [0.717, 1.165) is 31.6 Å². The zero-order valence-electron chi connectivity index (χ0n) is 15.0. The highest BCUT2D eigenvalue weighted by atomic mass is 35.5. The number of rotatable bonds is 4. The molecule has 0 unspecified atom stereocenters. The van der Waals surface area contributed by atoms with Crippen molar-refractivity contribution in [2.75, 3.05) is 36.1 Å². The van der Waals surface area contributed by atoms with Crippen molar-refractivity contribution in [2.24, 2.45) is 5.73 Å². The first-order chi connectivity index (χ1) is 12.3. The predicted molar refractivity (Wildman–Crippen MR) is 107 cm³/mol. The van der Waals surface area contributed by atoms with Crippen LogP contribution in [0.4, 0.5) is 17.3 Å². The van der Waals surface area contributed by atoms with Crippen molar-refractivity contribution in [3.8, 4) is 0 Å². The Hall–Kier alpha value is -2.38. The van der Waals surface area contributed by atoms with Crippen molar-refractivity contribution in [2.45, 2.75) is 25.3 Å². The molecular formula is C18H24ClN7. The summed E-state index contributed by atoms with van der Waals surface area (Å²) >= 11 is 6.37. The quantitative estimate of drug-likeness (QED) is 0.611. The molecule has 0 amide bonds. The standard InChI is InChI=1S/C18H24ClN7/c1-18(22)6-8-26(9-7-18)13-10-24-16(17(21)25-13)15(20)11-4-3-5-12(23-2)14(11)19/h3-5,10,20,23H,6-9,22H2,1-2H3,(H2,21,25). The van der Waals surface area contributed by atoms with Crippen LogP contribution < -0.4 is 21.7 Å². The molecule has 1 aromatic heterocycles. The first kappa shape index (κ1) is 18.4. The smallest absolute Gasteiger partial charge is 0.154 e. The molecule has 0 atom stereocenters. The Balaban J connectivity index is 1.85. The van der Waals surface area contributed by atoms with E-state index >= 15 is 0 Å². The van der Waals surface area contributed by atoms with Crippen molar-refractivity contribution < 1.29 is 0 Å². The molecule has 2 heterocycles. The molecule has 0 aliphatic carbocycles. The molecule has 138 valence electrons. The SMILES string of the molecule is CNc1cccc(C(=N)c2ncc(N3CCC(C)(N)CC3)nc2N)c1Cl. The largest absolute Gasteiger partial charge is 0.387 e. The minimum Gasteiger partial charge on any atom is -0.387 e. The number of aromatic nitrogens is 2. The molecule has 26 heavy (non-hydrogen) atoms. The third-order valence-electron chi connectivity index (χ3n) is 4.79. The zero-order chi connectivity index (χ0) is 18.9. The summed E-state index contributed by atoms with van der Waals surface area (Å²) in [6, 6.07) is 5.45. The number of nitrogens with one attached hydrogen (secondary N) is 2. The van der Waals surface area contributed by atoms with E-state index in [1.807, 2.05) is 12.1 Å². The second kappa shape index (κ2) is 7.09. The summed E-state index contributed by atoms with van der Waals surface area (Å²) in [4.78, 5) is 11.0. The molecule has 8 heteroatoms. The van der Waals surface area contributed by atoms with Crippen LogP contribution in [0.1, 0.15) is 31.0 Å². The van der Waals surface area contributed by atoms with E-state index in [-0.39, 0.29) is 17.1 Å². The number of benzene rings is 1. The maximum absolute atomic E-state index is 8.47. The fourth-order valence-electron chi connectivity index (χ4n) is 3.03. The minimum absolute atomic E-state index is 0.132. The van der Waals surface area contributed by atoms with Gasteiger partial charge in [0.1, 0.15) is 11.5 Å². The molecule has 0 bridgehead atoms. The summed E-state index contributed by atoms with van der Waals surface area (Å²) in [7, 11) is 1.78. The lowest BCUT2D eigenvalue weighted by Crippen LogP contribution is -2.48. The first-order valence-corrected chi connectivity index (χ1v) is 8.92. The second-order valence-electron chi connectivity index (χ2n) is 6.90. The van der Waals surface area contributed by atoms with Gasteiger partial charge in [0.15, 0.2) is 5.82 Å². The van der Waals surface area contributed by atoms with Crippen LogP contribution in [0.15, 0.2) is 24.4 Å². The average Bonchev–Trinajstić information content (AvgIpc) is 2.61. The number of nitrogens with zero attached hydrogens (tertiary/aromatic N) is 3. The lowest BCUT2D eigenvalue weighted by Gasteiger charge is -2.37. The number of nitrogen functional groups attached to an aromatic ring is 1. The van der Waals surface area contributed by atoms with Crippen LogP contribution in [0.25, 0.3) is 0 Å².